The molecule has 0 aliphatic carbocycles. The molecule has 1 aliphatic rings. The maximum absolute atomic E-state index is 14.0. The second kappa shape index (κ2) is 6.10. The van der Waals surface area contributed by atoms with E-state index in [9.17, 15) is 17.6 Å². The van der Waals surface area contributed by atoms with Gasteiger partial charge in [-0.25, -0.2) is 12.8 Å². The highest BCUT2D eigenvalue weighted by molar-refractivity contribution is 7.89. The third-order valence-corrected chi connectivity index (χ3v) is 5.60. The fourth-order valence-electron chi connectivity index (χ4n) is 2.64. The van der Waals surface area contributed by atoms with Gasteiger partial charge in [0.1, 0.15) is 16.8 Å². The Hall–Kier alpha value is -2.25. The van der Waals surface area contributed by atoms with Crippen molar-refractivity contribution in [1.29, 1.82) is 0 Å². The average molecular weight is 334 g/mol. The van der Waals surface area contributed by atoms with Gasteiger partial charge in [-0.2, -0.15) is 4.31 Å². The largest absolute Gasteiger partial charge is 0.353 e. The third-order valence-electron chi connectivity index (χ3n) is 3.71. The monoisotopic (exact) mass is 334 g/mol. The van der Waals surface area contributed by atoms with Crippen LogP contribution in [-0.4, -0.2) is 31.7 Å². The first-order chi connectivity index (χ1) is 11.0. The topological polar surface area (TPSA) is 66.5 Å². The number of rotatable bonds is 3. The van der Waals surface area contributed by atoms with Gasteiger partial charge in [0, 0.05) is 13.1 Å². The molecule has 1 amide bonds. The number of halogens is 1. The van der Waals surface area contributed by atoms with Crippen molar-refractivity contribution in [2.75, 3.05) is 13.1 Å². The highest BCUT2D eigenvalue weighted by atomic mass is 32.2. The molecule has 0 aromatic heterocycles. The Morgan fingerprint density at radius 3 is 2.39 bits per heavy atom. The Bertz CT molecular complexity index is 824. The molecule has 1 atom stereocenters. The SMILES string of the molecule is O=C1NCCN(S(=O)(=O)c2ccccc2F)[C@H]1c1ccccc1. The van der Waals surface area contributed by atoms with Crippen molar-refractivity contribution < 1.29 is 17.6 Å². The number of benzene rings is 2. The van der Waals surface area contributed by atoms with Crippen molar-refractivity contribution in [2.24, 2.45) is 0 Å². The van der Waals surface area contributed by atoms with E-state index in [0.29, 0.717) is 5.56 Å². The van der Waals surface area contributed by atoms with E-state index in [1.54, 1.807) is 30.3 Å². The van der Waals surface area contributed by atoms with E-state index in [4.69, 9.17) is 0 Å². The number of piperazine rings is 1. The van der Waals surface area contributed by atoms with Crippen LogP contribution in [0.25, 0.3) is 0 Å². The lowest BCUT2D eigenvalue weighted by atomic mass is 10.1. The average Bonchev–Trinajstić information content (AvgIpc) is 2.55. The minimum Gasteiger partial charge on any atom is -0.353 e. The molecule has 2 aromatic rings. The molecule has 2 aromatic carbocycles. The Labute approximate surface area is 133 Å². The molecular weight excluding hydrogens is 319 g/mol. The number of hydrogen-bond acceptors (Lipinski definition) is 3. The van der Waals surface area contributed by atoms with E-state index >= 15 is 0 Å². The standard InChI is InChI=1S/C16H15FN2O3S/c17-13-8-4-5-9-14(13)23(21,22)19-11-10-18-16(20)15(19)12-6-2-1-3-7-12/h1-9,15H,10-11H2,(H,18,20)/t15-/m0/s1. The zero-order valence-corrected chi connectivity index (χ0v) is 13.0. The van der Waals surface area contributed by atoms with Crippen LogP contribution in [0, 0.1) is 5.82 Å². The van der Waals surface area contributed by atoms with Gasteiger partial charge in [-0.05, 0) is 17.7 Å². The van der Waals surface area contributed by atoms with Gasteiger partial charge >= 0.3 is 0 Å². The van der Waals surface area contributed by atoms with Gasteiger partial charge < -0.3 is 5.32 Å². The predicted molar refractivity (Wildman–Crippen MR) is 82.5 cm³/mol. The maximum atomic E-state index is 14.0. The predicted octanol–water partition coefficient (Wildman–Crippen LogP) is 1.69. The molecular formula is C16H15FN2O3S. The fraction of sp³-hybridized carbons (Fsp3) is 0.188. The van der Waals surface area contributed by atoms with E-state index in [0.717, 1.165) is 10.4 Å². The fourth-order valence-corrected chi connectivity index (χ4v) is 4.28. The summed E-state index contributed by atoms with van der Waals surface area (Å²) in [5.41, 5.74) is 0.546. The van der Waals surface area contributed by atoms with Gasteiger partial charge in [0.15, 0.2) is 0 Å². The quantitative estimate of drug-likeness (QED) is 0.929. The number of sulfonamides is 1. The molecule has 7 heteroatoms. The molecule has 23 heavy (non-hydrogen) atoms. The van der Waals surface area contributed by atoms with Gasteiger partial charge in [-0.15, -0.1) is 0 Å². The second-order valence-corrected chi connectivity index (χ2v) is 7.01. The summed E-state index contributed by atoms with van der Waals surface area (Å²) in [5.74, 6) is -1.24. The number of carbonyl (C=O) groups is 1. The summed E-state index contributed by atoms with van der Waals surface area (Å²) in [7, 11) is -4.13. The van der Waals surface area contributed by atoms with Crippen LogP contribution >= 0.6 is 0 Å². The molecule has 5 nitrogen and oxygen atoms in total. The van der Waals surface area contributed by atoms with Crippen molar-refractivity contribution in [3.05, 3.63) is 66.0 Å². The highest BCUT2D eigenvalue weighted by Crippen LogP contribution is 2.30. The Morgan fingerprint density at radius 1 is 1.04 bits per heavy atom. The lowest BCUT2D eigenvalue weighted by Crippen LogP contribution is -2.52. The molecule has 120 valence electrons. The molecule has 0 radical (unpaired) electrons. The second-order valence-electron chi connectivity index (χ2n) is 5.15. The zero-order chi connectivity index (χ0) is 16.4. The van der Waals surface area contributed by atoms with E-state index in [1.165, 1.54) is 18.2 Å². The molecule has 1 heterocycles. The number of carbonyl (C=O) groups excluding carboxylic acids is 1. The lowest BCUT2D eigenvalue weighted by Gasteiger charge is -2.34. The summed E-state index contributed by atoms with van der Waals surface area (Å²) in [5, 5.41) is 2.66. The Balaban J connectivity index is 2.09. The highest BCUT2D eigenvalue weighted by Gasteiger charge is 2.40. The van der Waals surface area contributed by atoms with Crippen molar-refractivity contribution in [3.8, 4) is 0 Å². The minimum atomic E-state index is -4.13. The summed E-state index contributed by atoms with van der Waals surface area (Å²) in [6.45, 7) is 0.276. The van der Waals surface area contributed by atoms with Crippen LogP contribution in [0.4, 0.5) is 4.39 Å². The first kappa shape index (κ1) is 15.6. The van der Waals surface area contributed by atoms with Crippen LogP contribution < -0.4 is 5.32 Å². The third kappa shape index (κ3) is 2.85. The summed E-state index contributed by atoms with van der Waals surface area (Å²) in [6, 6.07) is 12.8. The number of hydrogen-bond donors (Lipinski definition) is 1. The minimum absolute atomic E-state index is 0.0853. The molecule has 1 fully saturated rings. The van der Waals surface area contributed by atoms with Gasteiger partial charge in [-0.3, -0.25) is 4.79 Å². The molecule has 1 aliphatic heterocycles. The van der Waals surface area contributed by atoms with Gasteiger partial charge in [-0.1, -0.05) is 42.5 Å². The van der Waals surface area contributed by atoms with Crippen molar-refractivity contribution in [3.63, 3.8) is 0 Å². The van der Waals surface area contributed by atoms with Crippen LogP contribution in [0.2, 0.25) is 0 Å². The van der Waals surface area contributed by atoms with Crippen molar-refractivity contribution in [1.82, 2.24) is 9.62 Å². The van der Waals surface area contributed by atoms with E-state index in [-0.39, 0.29) is 13.1 Å². The summed E-state index contributed by atoms with van der Waals surface area (Å²) in [4.78, 5) is 11.8. The van der Waals surface area contributed by atoms with Gasteiger partial charge in [0.05, 0.1) is 0 Å². The molecule has 0 unspecified atom stereocenters. The lowest BCUT2D eigenvalue weighted by molar-refractivity contribution is -0.126. The van der Waals surface area contributed by atoms with Crippen LogP contribution in [-0.2, 0) is 14.8 Å². The number of amides is 1. The smallest absolute Gasteiger partial charge is 0.247 e. The molecule has 0 saturated carbocycles. The van der Waals surface area contributed by atoms with Crippen molar-refractivity contribution in [2.45, 2.75) is 10.9 Å². The first-order valence-electron chi connectivity index (χ1n) is 7.11. The zero-order valence-electron chi connectivity index (χ0n) is 12.1. The Morgan fingerprint density at radius 2 is 1.70 bits per heavy atom. The van der Waals surface area contributed by atoms with Crippen LogP contribution in [0.1, 0.15) is 11.6 Å². The van der Waals surface area contributed by atoms with Crippen LogP contribution in [0.5, 0.6) is 0 Å². The Kier molecular flexibility index (Phi) is 4.14. The van der Waals surface area contributed by atoms with Gasteiger partial charge in [0.2, 0.25) is 15.9 Å². The molecule has 0 bridgehead atoms. The van der Waals surface area contributed by atoms with E-state index < -0.39 is 32.7 Å². The van der Waals surface area contributed by atoms with E-state index in [2.05, 4.69) is 5.32 Å². The van der Waals surface area contributed by atoms with Crippen LogP contribution in [0.15, 0.2) is 59.5 Å². The molecule has 0 spiro atoms. The van der Waals surface area contributed by atoms with E-state index in [1.807, 2.05) is 0 Å². The number of nitrogens with zero attached hydrogens (tertiary/aromatic N) is 1. The molecule has 3 rings (SSSR count). The summed E-state index contributed by atoms with van der Waals surface area (Å²) in [6.07, 6.45) is 0. The molecule has 1 N–H and O–H groups in total. The van der Waals surface area contributed by atoms with Crippen LogP contribution in [0.3, 0.4) is 0 Å². The number of nitrogens with one attached hydrogen (secondary N) is 1. The van der Waals surface area contributed by atoms with Crippen molar-refractivity contribution >= 4 is 15.9 Å². The molecule has 1 saturated heterocycles. The first-order valence-corrected chi connectivity index (χ1v) is 8.55. The van der Waals surface area contributed by atoms with Gasteiger partial charge in [0.25, 0.3) is 0 Å². The summed E-state index contributed by atoms with van der Waals surface area (Å²) >= 11 is 0. The maximum Gasteiger partial charge on any atom is 0.247 e. The normalized spacial score (nSPS) is 19.3. The summed E-state index contributed by atoms with van der Waals surface area (Å²) < 4.78 is 40.7.